The van der Waals surface area contributed by atoms with Crippen LogP contribution in [0.2, 0.25) is 0 Å². The number of nitrogens with zero attached hydrogens (tertiary/aromatic N) is 2. The van der Waals surface area contributed by atoms with E-state index in [0.29, 0.717) is 0 Å². The molecule has 0 fully saturated rings. The van der Waals surface area contributed by atoms with E-state index in [1.807, 2.05) is 0 Å². The molecule has 0 bridgehead atoms. The third kappa shape index (κ3) is 3.42. The van der Waals surface area contributed by atoms with E-state index >= 15 is 0 Å². The van der Waals surface area contributed by atoms with Crippen molar-refractivity contribution in [2.75, 3.05) is 0 Å². The van der Waals surface area contributed by atoms with Gasteiger partial charge in [-0.3, -0.25) is 0 Å². The maximum atomic E-state index is 10.4. The SMILES string of the molecule is N#Cc1ccnc(S(=O)(=O)[O-])c1.[Na+]. The predicted molar refractivity (Wildman–Crippen MR) is 36.9 cm³/mol. The van der Waals surface area contributed by atoms with Gasteiger partial charge in [-0.25, -0.2) is 13.4 Å². The fraction of sp³-hybridized carbons (Fsp3) is 0. The van der Waals surface area contributed by atoms with Gasteiger partial charge < -0.3 is 4.55 Å². The summed E-state index contributed by atoms with van der Waals surface area (Å²) in [6, 6.07) is 3.94. The van der Waals surface area contributed by atoms with Crippen LogP contribution >= 0.6 is 0 Å². The monoisotopic (exact) mass is 206 g/mol. The van der Waals surface area contributed by atoms with Crippen molar-refractivity contribution < 1.29 is 42.5 Å². The van der Waals surface area contributed by atoms with Crippen molar-refractivity contribution in [1.82, 2.24) is 4.98 Å². The van der Waals surface area contributed by atoms with Crippen molar-refractivity contribution in [3.63, 3.8) is 0 Å². The quantitative estimate of drug-likeness (QED) is 0.357. The first-order valence-electron chi connectivity index (χ1n) is 2.86. The molecule has 0 N–H and O–H groups in total. The summed E-state index contributed by atoms with van der Waals surface area (Å²) in [5.74, 6) is 0. The predicted octanol–water partition coefficient (Wildman–Crippen LogP) is -3.14. The Hall–Kier alpha value is -0.450. The summed E-state index contributed by atoms with van der Waals surface area (Å²) >= 11 is 0. The summed E-state index contributed by atoms with van der Waals surface area (Å²) in [6.07, 6.45) is 1.10. The van der Waals surface area contributed by atoms with Crippen LogP contribution in [0.1, 0.15) is 5.56 Å². The van der Waals surface area contributed by atoms with Gasteiger partial charge in [-0.05, 0) is 12.1 Å². The number of pyridine rings is 1. The summed E-state index contributed by atoms with van der Waals surface area (Å²) < 4.78 is 31.1. The maximum Gasteiger partial charge on any atom is 1.00 e. The number of rotatable bonds is 1. The fourth-order valence-corrected chi connectivity index (χ4v) is 1.08. The van der Waals surface area contributed by atoms with E-state index in [1.165, 1.54) is 6.07 Å². The molecular weight excluding hydrogens is 203 g/mol. The van der Waals surface area contributed by atoms with Gasteiger partial charge in [0.05, 0.1) is 11.6 Å². The minimum absolute atomic E-state index is 0. The van der Waals surface area contributed by atoms with Crippen LogP contribution in [0.4, 0.5) is 0 Å². The summed E-state index contributed by atoms with van der Waals surface area (Å²) in [5.41, 5.74) is 0.0967. The van der Waals surface area contributed by atoms with E-state index in [9.17, 15) is 13.0 Å². The molecule has 0 saturated carbocycles. The molecule has 0 atom stereocenters. The molecule has 62 valence electrons. The molecule has 0 saturated heterocycles. The van der Waals surface area contributed by atoms with Crippen molar-refractivity contribution in [2.45, 2.75) is 5.03 Å². The first-order valence-corrected chi connectivity index (χ1v) is 4.27. The Morgan fingerprint density at radius 3 is 2.62 bits per heavy atom. The number of aromatic nitrogens is 1. The molecule has 1 aromatic rings. The zero-order chi connectivity index (χ0) is 9.19. The molecule has 0 aliphatic heterocycles. The van der Waals surface area contributed by atoms with Gasteiger partial charge >= 0.3 is 29.6 Å². The van der Waals surface area contributed by atoms with Crippen LogP contribution in [0.5, 0.6) is 0 Å². The second-order valence-corrected chi connectivity index (χ2v) is 3.28. The van der Waals surface area contributed by atoms with Gasteiger partial charge in [-0.1, -0.05) is 0 Å². The molecule has 1 heterocycles. The molecule has 1 rings (SSSR count). The van der Waals surface area contributed by atoms with Crippen LogP contribution in [0.25, 0.3) is 0 Å². The minimum atomic E-state index is -4.55. The van der Waals surface area contributed by atoms with E-state index in [0.717, 1.165) is 12.3 Å². The largest absolute Gasteiger partial charge is 1.00 e. The Balaban J connectivity index is 0.00000144. The van der Waals surface area contributed by atoms with Crippen molar-refractivity contribution in [3.05, 3.63) is 23.9 Å². The van der Waals surface area contributed by atoms with Crippen LogP contribution in [0, 0.1) is 11.3 Å². The van der Waals surface area contributed by atoms with E-state index in [1.54, 1.807) is 6.07 Å². The molecule has 13 heavy (non-hydrogen) atoms. The molecule has 0 unspecified atom stereocenters. The molecule has 0 amide bonds. The molecule has 0 spiro atoms. The molecule has 0 aliphatic carbocycles. The van der Waals surface area contributed by atoms with Gasteiger partial charge in [0.25, 0.3) is 0 Å². The van der Waals surface area contributed by atoms with Gasteiger partial charge in [-0.2, -0.15) is 5.26 Å². The van der Waals surface area contributed by atoms with Crippen LogP contribution in [0.3, 0.4) is 0 Å². The Bertz CT molecular complexity index is 437. The van der Waals surface area contributed by atoms with Crippen molar-refractivity contribution in [2.24, 2.45) is 0 Å². The minimum Gasteiger partial charge on any atom is -0.743 e. The Kier molecular flexibility index (Phi) is 4.53. The standard InChI is InChI=1S/C6H4N2O3S.Na/c7-4-5-1-2-8-6(3-5)12(9,10)11;/h1-3H,(H,9,10,11);/q;+1/p-1. The molecule has 0 aromatic carbocycles. The maximum absolute atomic E-state index is 10.4. The van der Waals surface area contributed by atoms with Gasteiger partial charge in [0.1, 0.15) is 15.1 Å². The van der Waals surface area contributed by atoms with Crippen molar-refractivity contribution >= 4 is 10.1 Å². The first-order chi connectivity index (χ1) is 5.54. The number of hydrogen-bond acceptors (Lipinski definition) is 5. The average Bonchev–Trinajstić information content (AvgIpc) is 2.03. The van der Waals surface area contributed by atoms with Crippen LogP contribution in [-0.4, -0.2) is 18.0 Å². The van der Waals surface area contributed by atoms with E-state index in [-0.39, 0.29) is 35.1 Å². The zero-order valence-electron chi connectivity index (χ0n) is 6.76. The molecule has 0 radical (unpaired) electrons. The van der Waals surface area contributed by atoms with Crippen LogP contribution < -0.4 is 29.6 Å². The molecular formula is C6H3N2NaO3S. The second-order valence-electron chi connectivity index (χ2n) is 1.95. The molecule has 1 aromatic heterocycles. The Morgan fingerprint density at radius 1 is 1.54 bits per heavy atom. The summed E-state index contributed by atoms with van der Waals surface area (Å²) in [6.45, 7) is 0. The third-order valence-electron chi connectivity index (χ3n) is 1.12. The summed E-state index contributed by atoms with van der Waals surface area (Å²) in [7, 11) is -4.55. The van der Waals surface area contributed by atoms with Crippen molar-refractivity contribution in [3.8, 4) is 6.07 Å². The third-order valence-corrected chi connectivity index (χ3v) is 1.86. The van der Waals surface area contributed by atoms with Crippen molar-refractivity contribution in [1.29, 1.82) is 5.26 Å². The van der Waals surface area contributed by atoms with Gasteiger partial charge in [0.2, 0.25) is 0 Å². The molecule has 0 aliphatic rings. The topological polar surface area (TPSA) is 93.9 Å². The average molecular weight is 206 g/mol. The van der Waals surface area contributed by atoms with Crippen LogP contribution in [0.15, 0.2) is 23.4 Å². The van der Waals surface area contributed by atoms with Gasteiger partial charge in [-0.15, -0.1) is 0 Å². The first kappa shape index (κ1) is 12.6. The fourth-order valence-electron chi connectivity index (χ4n) is 0.616. The molecule has 7 heteroatoms. The van der Waals surface area contributed by atoms with Gasteiger partial charge in [0, 0.05) is 6.20 Å². The Morgan fingerprint density at radius 2 is 2.15 bits per heavy atom. The zero-order valence-corrected chi connectivity index (χ0v) is 9.58. The summed E-state index contributed by atoms with van der Waals surface area (Å²) in [4.78, 5) is 3.31. The van der Waals surface area contributed by atoms with E-state index < -0.39 is 15.1 Å². The summed E-state index contributed by atoms with van der Waals surface area (Å²) in [5, 5.41) is 7.73. The van der Waals surface area contributed by atoms with Crippen LogP contribution in [-0.2, 0) is 10.1 Å². The van der Waals surface area contributed by atoms with E-state index in [2.05, 4.69) is 4.98 Å². The number of hydrogen-bond donors (Lipinski definition) is 0. The van der Waals surface area contributed by atoms with Gasteiger partial charge in [0.15, 0.2) is 0 Å². The second kappa shape index (κ2) is 4.69. The van der Waals surface area contributed by atoms with E-state index in [4.69, 9.17) is 5.26 Å². The number of nitriles is 1. The normalized spacial score (nSPS) is 9.85. The molecule has 5 nitrogen and oxygen atoms in total. The smallest absolute Gasteiger partial charge is 0.743 e. The Labute approximate surface area is 97.5 Å².